The summed E-state index contributed by atoms with van der Waals surface area (Å²) in [6.45, 7) is 0.411. The lowest BCUT2D eigenvalue weighted by Crippen LogP contribution is -2.17. The van der Waals surface area contributed by atoms with Crippen molar-refractivity contribution in [2.24, 2.45) is 0 Å². The van der Waals surface area contributed by atoms with Gasteiger partial charge < -0.3 is 9.84 Å². The third kappa shape index (κ3) is 2.69. The highest BCUT2D eigenvalue weighted by atomic mass is 32.2. The molecule has 0 bridgehead atoms. The molecule has 0 amide bonds. The fourth-order valence-electron chi connectivity index (χ4n) is 1.31. The number of sulfonamides is 1. The molecule has 0 fully saturated rings. The third-order valence-electron chi connectivity index (χ3n) is 2.21. The van der Waals surface area contributed by atoms with Crippen molar-refractivity contribution in [3.05, 3.63) is 42.4 Å². The maximum Gasteiger partial charge on any atom is 0.273 e. The molecule has 0 aliphatic carbocycles. The first-order chi connectivity index (χ1) is 8.12. The van der Waals surface area contributed by atoms with Crippen LogP contribution in [0.5, 0.6) is 0 Å². The van der Waals surface area contributed by atoms with Crippen LogP contribution < -0.4 is 10.1 Å². The van der Waals surface area contributed by atoms with Gasteiger partial charge in [-0.25, -0.2) is 13.1 Å². The molecule has 6 nitrogen and oxygen atoms in total. The second kappa shape index (κ2) is 4.64. The minimum absolute atomic E-state index is 0.0793. The Hall–Kier alpha value is -1.73. The fraction of sp³-hybridized carbons (Fsp3) is 0.200. The van der Waals surface area contributed by atoms with E-state index in [1.807, 2.05) is 24.5 Å². The summed E-state index contributed by atoms with van der Waals surface area (Å²) < 4.78 is 32.0. The predicted molar refractivity (Wildman–Crippen MR) is 62.5 cm³/mol. The van der Waals surface area contributed by atoms with E-state index in [0.717, 1.165) is 0 Å². The largest absolute Gasteiger partial charge is 0.446 e. The maximum atomic E-state index is 11.4. The molecule has 0 aliphatic heterocycles. The smallest absolute Gasteiger partial charge is 0.273 e. The van der Waals surface area contributed by atoms with Gasteiger partial charge in [-0.1, -0.05) is 0 Å². The van der Waals surface area contributed by atoms with Gasteiger partial charge in [0.15, 0.2) is 0 Å². The van der Waals surface area contributed by atoms with Gasteiger partial charge in [0, 0.05) is 12.4 Å². The Kier molecular flexibility index (Phi) is 3.21. The minimum Gasteiger partial charge on any atom is -0.446 e. The highest BCUT2D eigenvalue weighted by Crippen LogP contribution is 2.13. The molecule has 0 spiro atoms. The highest BCUT2D eigenvalue weighted by molar-refractivity contribution is 7.89. The predicted octanol–water partition coefficient (Wildman–Crippen LogP) is 0.733. The van der Waals surface area contributed by atoms with Crippen LogP contribution in [0.4, 0.5) is 0 Å². The highest BCUT2D eigenvalue weighted by Gasteiger charge is 2.15. The average Bonchev–Trinajstić information content (AvgIpc) is 2.97. The van der Waals surface area contributed by atoms with Crippen LogP contribution in [-0.2, 0) is 16.6 Å². The lowest BCUT2D eigenvalue weighted by atomic mass is 10.5. The SMILES string of the molecule is CNS(=O)(=O)c1ccc(CNn2cccc2)o1. The standard InChI is InChI=1S/C10H13N3O3S/c1-11-17(14,15)10-5-4-9(16-10)8-12-13-6-2-3-7-13/h2-7,11-12H,8H2,1H3. The number of hydrogen-bond acceptors (Lipinski definition) is 4. The molecule has 17 heavy (non-hydrogen) atoms. The first-order valence-corrected chi connectivity index (χ1v) is 6.49. The Balaban J connectivity index is 2.04. The molecule has 0 aliphatic rings. The molecule has 0 atom stereocenters. The number of nitrogens with zero attached hydrogens (tertiary/aromatic N) is 1. The van der Waals surface area contributed by atoms with Crippen LogP contribution in [0.2, 0.25) is 0 Å². The van der Waals surface area contributed by atoms with E-state index in [2.05, 4.69) is 10.1 Å². The quantitative estimate of drug-likeness (QED) is 0.826. The van der Waals surface area contributed by atoms with Crippen LogP contribution >= 0.6 is 0 Å². The van der Waals surface area contributed by atoms with Crippen molar-refractivity contribution >= 4 is 10.0 Å². The van der Waals surface area contributed by atoms with E-state index in [4.69, 9.17) is 4.42 Å². The van der Waals surface area contributed by atoms with Crippen LogP contribution in [-0.4, -0.2) is 20.1 Å². The topological polar surface area (TPSA) is 76.3 Å². The number of rotatable bonds is 5. The molecule has 0 saturated carbocycles. The van der Waals surface area contributed by atoms with Crippen LogP contribution in [0.15, 0.2) is 46.2 Å². The first-order valence-electron chi connectivity index (χ1n) is 5.01. The van der Waals surface area contributed by atoms with Gasteiger partial charge >= 0.3 is 0 Å². The van der Waals surface area contributed by atoms with E-state index < -0.39 is 10.0 Å². The molecule has 2 aromatic heterocycles. The number of furan rings is 1. The van der Waals surface area contributed by atoms with Gasteiger partial charge in [0.05, 0.1) is 6.54 Å². The Morgan fingerprint density at radius 1 is 1.29 bits per heavy atom. The molecular weight excluding hydrogens is 242 g/mol. The lowest BCUT2D eigenvalue weighted by molar-refractivity contribution is 0.413. The second-order valence-electron chi connectivity index (χ2n) is 3.35. The van der Waals surface area contributed by atoms with Crippen LogP contribution in [0.1, 0.15) is 5.76 Å². The van der Waals surface area contributed by atoms with Gasteiger partial charge in [0.1, 0.15) is 5.76 Å². The third-order valence-corrected chi connectivity index (χ3v) is 3.50. The molecule has 0 aromatic carbocycles. The molecule has 0 unspecified atom stereocenters. The van der Waals surface area contributed by atoms with Gasteiger partial charge in [-0.05, 0) is 31.3 Å². The van der Waals surface area contributed by atoms with Crippen molar-refractivity contribution in [2.45, 2.75) is 11.6 Å². The second-order valence-corrected chi connectivity index (χ2v) is 5.17. The molecule has 92 valence electrons. The summed E-state index contributed by atoms with van der Waals surface area (Å²) in [7, 11) is -2.16. The average molecular weight is 255 g/mol. The van der Waals surface area contributed by atoms with Crippen molar-refractivity contribution in [2.75, 3.05) is 12.5 Å². The summed E-state index contributed by atoms with van der Waals surface area (Å²) in [6, 6.07) is 6.82. The Bertz CT molecular complexity index is 572. The van der Waals surface area contributed by atoms with Gasteiger partial charge in [-0.3, -0.25) is 4.68 Å². The van der Waals surface area contributed by atoms with E-state index in [1.165, 1.54) is 13.1 Å². The lowest BCUT2D eigenvalue weighted by Gasteiger charge is -2.04. The van der Waals surface area contributed by atoms with Crippen molar-refractivity contribution in [3.8, 4) is 0 Å². The summed E-state index contributed by atoms with van der Waals surface area (Å²) in [5.41, 5.74) is 3.03. The van der Waals surface area contributed by atoms with Gasteiger partial charge in [-0.15, -0.1) is 0 Å². The van der Waals surface area contributed by atoms with Gasteiger partial charge in [0.2, 0.25) is 5.09 Å². The number of hydrogen-bond donors (Lipinski definition) is 2. The summed E-state index contributed by atoms with van der Waals surface area (Å²) in [5, 5.41) is -0.0793. The molecular formula is C10H13N3O3S. The normalized spacial score (nSPS) is 11.6. The monoisotopic (exact) mass is 255 g/mol. The number of nitrogens with one attached hydrogen (secondary N) is 2. The Morgan fingerprint density at radius 3 is 2.65 bits per heavy atom. The maximum absolute atomic E-state index is 11.4. The Labute approximate surface area is 99.3 Å². The van der Waals surface area contributed by atoms with Crippen LogP contribution in [0.3, 0.4) is 0 Å². The summed E-state index contributed by atoms with van der Waals surface area (Å²) >= 11 is 0. The molecule has 2 aromatic rings. The van der Waals surface area contributed by atoms with E-state index in [1.54, 1.807) is 10.7 Å². The number of aromatic nitrogens is 1. The minimum atomic E-state index is -3.50. The summed E-state index contributed by atoms with van der Waals surface area (Å²) in [6.07, 6.45) is 3.68. The van der Waals surface area contributed by atoms with E-state index in [-0.39, 0.29) is 5.09 Å². The van der Waals surface area contributed by atoms with Gasteiger partial charge in [-0.2, -0.15) is 0 Å². The van der Waals surface area contributed by atoms with Crippen LogP contribution in [0, 0.1) is 0 Å². The van der Waals surface area contributed by atoms with E-state index in [9.17, 15) is 8.42 Å². The van der Waals surface area contributed by atoms with Crippen LogP contribution in [0.25, 0.3) is 0 Å². The molecule has 2 rings (SSSR count). The molecule has 0 radical (unpaired) electrons. The summed E-state index contributed by atoms with van der Waals surface area (Å²) in [5.74, 6) is 0.549. The van der Waals surface area contributed by atoms with Crippen molar-refractivity contribution in [1.82, 2.24) is 9.40 Å². The zero-order valence-corrected chi connectivity index (χ0v) is 10.1. The van der Waals surface area contributed by atoms with Crippen molar-refractivity contribution in [3.63, 3.8) is 0 Å². The first kappa shape index (κ1) is 11.7. The summed E-state index contributed by atoms with van der Waals surface area (Å²) in [4.78, 5) is 0. The zero-order chi connectivity index (χ0) is 12.3. The molecule has 0 saturated heterocycles. The van der Waals surface area contributed by atoms with Crippen molar-refractivity contribution in [1.29, 1.82) is 0 Å². The fourth-order valence-corrected chi connectivity index (χ4v) is 1.97. The molecule has 7 heteroatoms. The Morgan fingerprint density at radius 2 is 2.00 bits per heavy atom. The van der Waals surface area contributed by atoms with E-state index >= 15 is 0 Å². The van der Waals surface area contributed by atoms with Crippen molar-refractivity contribution < 1.29 is 12.8 Å². The molecule has 2 heterocycles. The molecule has 2 N–H and O–H groups in total. The van der Waals surface area contributed by atoms with Gasteiger partial charge in [0.25, 0.3) is 10.0 Å². The van der Waals surface area contributed by atoms with E-state index in [0.29, 0.717) is 12.3 Å². The zero-order valence-electron chi connectivity index (χ0n) is 9.25.